The number of anilines is 1. The summed E-state index contributed by atoms with van der Waals surface area (Å²) in [6.07, 6.45) is -4.56. The van der Waals surface area contributed by atoms with Gasteiger partial charge in [0, 0.05) is 16.3 Å². The Morgan fingerprint density at radius 1 is 1.00 bits per heavy atom. The van der Waals surface area contributed by atoms with Crippen LogP contribution < -0.4 is 9.64 Å². The number of amides is 1. The highest BCUT2D eigenvalue weighted by molar-refractivity contribution is 6.51. The van der Waals surface area contributed by atoms with Crippen molar-refractivity contribution in [3.63, 3.8) is 0 Å². The lowest BCUT2D eigenvalue weighted by molar-refractivity contribution is -0.137. The number of ether oxygens (including phenoxy) is 1. The molecule has 0 saturated carbocycles. The molecule has 4 rings (SSSR count). The molecule has 1 aliphatic heterocycles. The Labute approximate surface area is 197 Å². The number of nitrogens with zero attached hydrogens (tertiary/aromatic N) is 1. The van der Waals surface area contributed by atoms with Crippen LogP contribution in [-0.4, -0.2) is 23.9 Å². The molecule has 0 spiro atoms. The van der Waals surface area contributed by atoms with Crippen LogP contribution in [-0.2, 0) is 15.8 Å². The van der Waals surface area contributed by atoms with Gasteiger partial charge in [0.2, 0.25) is 0 Å². The van der Waals surface area contributed by atoms with Gasteiger partial charge in [0.05, 0.1) is 24.3 Å². The minimum absolute atomic E-state index is 0.0630. The first kappa shape index (κ1) is 23.4. The lowest BCUT2D eigenvalue weighted by Gasteiger charge is -2.26. The predicted octanol–water partition coefficient (Wildman–Crippen LogP) is 5.99. The van der Waals surface area contributed by atoms with E-state index in [-0.39, 0.29) is 16.8 Å². The highest BCUT2D eigenvalue weighted by atomic mass is 35.5. The molecule has 1 saturated heterocycles. The average Bonchev–Trinajstić information content (AvgIpc) is 3.08. The van der Waals surface area contributed by atoms with Crippen LogP contribution in [0.2, 0.25) is 5.02 Å². The highest BCUT2D eigenvalue weighted by Crippen LogP contribution is 2.43. The number of aliphatic hydroxyl groups is 1. The van der Waals surface area contributed by atoms with E-state index in [0.29, 0.717) is 16.3 Å². The minimum atomic E-state index is -4.56. The molecular weight excluding hydrogens is 471 g/mol. The second-order valence-electron chi connectivity index (χ2n) is 7.50. The maximum atomic E-state index is 13.1. The number of Topliss-reactive ketones (excluding diaryl/α,β-unsaturated/α-hetero) is 1. The fraction of sp³-hybridized carbons (Fsp3) is 0.120. The lowest BCUT2D eigenvalue weighted by Crippen LogP contribution is -2.29. The third-order valence-corrected chi connectivity index (χ3v) is 5.66. The van der Waals surface area contributed by atoms with Gasteiger partial charge in [-0.25, -0.2) is 0 Å². The molecule has 1 N–H and O–H groups in total. The number of ketones is 1. The first-order valence-electron chi connectivity index (χ1n) is 10.00. The SMILES string of the molecule is COc1cccc(C2/C(=C(\O)c3cccc(Cl)c3)C(=O)C(=O)N2c2ccc(C(F)(F)F)cc2)c1. The maximum Gasteiger partial charge on any atom is 0.416 e. The van der Waals surface area contributed by atoms with Crippen LogP contribution in [0.15, 0.2) is 78.4 Å². The van der Waals surface area contributed by atoms with E-state index in [9.17, 15) is 27.9 Å². The highest BCUT2D eigenvalue weighted by Gasteiger charge is 2.47. The number of aliphatic hydroxyl groups excluding tert-OH is 1. The van der Waals surface area contributed by atoms with Crippen LogP contribution in [0.25, 0.3) is 5.76 Å². The zero-order valence-corrected chi connectivity index (χ0v) is 18.4. The van der Waals surface area contributed by atoms with E-state index in [0.717, 1.165) is 29.2 Å². The molecule has 0 aliphatic carbocycles. The molecule has 5 nitrogen and oxygen atoms in total. The Bertz CT molecular complexity index is 1300. The molecule has 34 heavy (non-hydrogen) atoms. The van der Waals surface area contributed by atoms with Crippen molar-refractivity contribution in [1.29, 1.82) is 0 Å². The van der Waals surface area contributed by atoms with Crippen molar-refractivity contribution in [1.82, 2.24) is 0 Å². The lowest BCUT2D eigenvalue weighted by atomic mass is 9.95. The van der Waals surface area contributed by atoms with Crippen molar-refractivity contribution >= 4 is 34.7 Å². The summed E-state index contributed by atoms with van der Waals surface area (Å²) >= 11 is 6.03. The molecule has 1 aliphatic rings. The normalized spacial score (nSPS) is 17.8. The summed E-state index contributed by atoms with van der Waals surface area (Å²) in [7, 11) is 1.44. The number of carbonyl (C=O) groups excluding carboxylic acids is 2. The van der Waals surface area contributed by atoms with Crippen molar-refractivity contribution < 1.29 is 32.6 Å². The number of alkyl halides is 3. The van der Waals surface area contributed by atoms with Gasteiger partial charge in [0.1, 0.15) is 11.5 Å². The van der Waals surface area contributed by atoms with Crippen LogP contribution in [0.1, 0.15) is 22.7 Å². The summed E-state index contributed by atoms with van der Waals surface area (Å²) in [4.78, 5) is 27.3. The first-order chi connectivity index (χ1) is 16.1. The van der Waals surface area contributed by atoms with Crippen molar-refractivity contribution in [3.05, 3.63) is 100 Å². The Morgan fingerprint density at radius 3 is 2.29 bits per heavy atom. The Kier molecular flexibility index (Phi) is 6.10. The minimum Gasteiger partial charge on any atom is -0.507 e. The molecule has 1 atom stereocenters. The molecule has 3 aromatic rings. The second-order valence-corrected chi connectivity index (χ2v) is 7.94. The van der Waals surface area contributed by atoms with Gasteiger partial charge in [-0.05, 0) is 54.1 Å². The van der Waals surface area contributed by atoms with Gasteiger partial charge in [0.15, 0.2) is 0 Å². The van der Waals surface area contributed by atoms with Gasteiger partial charge in [-0.2, -0.15) is 13.2 Å². The van der Waals surface area contributed by atoms with E-state index >= 15 is 0 Å². The molecule has 1 fully saturated rings. The monoisotopic (exact) mass is 487 g/mol. The molecule has 3 aromatic carbocycles. The van der Waals surface area contributed by atoms with Crippen LogP contribution in [0.5, 0.6) is 5.75 Å². The first-order valence-corrected chi connectivity index (χ1v) is 10.4. The summed E-state index contributed by atoms with van der Waals surface area (Å²) < 4.78 is 44.4. The molecule has 174 valence electrons. The van der Waals surface area contributed by atoms with Crippen molar-refractivity contribution in [2.45, 2.75) is 12.2 Å². The number of carbonyl (C=O) groups is 2. The zero-order valence-electron chi connectivity index (χ0n) is 17.6. The molecule has 0 aromatic heterocycles. The van der Waals surface area contributed by atoms with E-state index in [1.807, 2.05) is 0 Å². The van der Waals surface area contributed by atoms with Crippen LogP contribution in [0.3, 0.4) is 0 Å². The van der Waals surface area contributed by atoms with Crippen LogP contribution in [0.4, 0.5) is 18.9 Å². The molecule has 9 heteroatoms. The summed E-state index contributed by atoms with van der Waals surface area (Å²) in [6.45, 7) is 0. The van der Waals surface area contributed by atoms with E-state index in [1.54, 1.807) is 36.4 Å². The van der Waals surface area contributed by atoms with Crippen molar-refractivity contribution in [2.75, 3.05) is 12.0 Å². The quantitative estimate of drug-likeness (QED) is 0.279. The Morgan fingerprint density at radius 2 is 1.68 bits per heavy atom. The second kappa shape index (κ2) is 8.87. The van der Waals surface area contributed by atoms with E-state index in [2.05, 4.69) is 0 Å². The number of halogens is 4. The summed E-state index contributed by atoms with van der Waals surface area (Å²) in [5.74, 6) is -2.00. The van der Waals surface area contributed by atoms with Gasteiger partial charge < -0.3 is 9.84 Å². The van der Waals surface area contributed by atoms with E-state index in [4.69, 9.17) is 16.3 Å². The maximum absolute atomic E-state index is 13.1. The summed E-state index contributed by atoms with van der Waals surface area (Å²) in [6, 6.07) is 15.4. The van der Waals surface area contributed by atoms with Crippen molar-refractivity contribution in [3.8, 4) is 5.75 Å². The number of benzene rings is 3. The van der Waals surface area contributed by atoms with Gasteiger partial charge in [0.25, 0.3) is 11.7 Å². The largest absolute Gasteiger partial charge is 0.507 e. The van der Waals surface area contributed by atoms with Crippen LogP contribution in [0, 0.1) is 0 Å². The number of rotatable bonds is 4. The van der Waals surface area contributed by atoms with E-state index in [1.165, 1.54) is 19.2 Å². The molecule has 0 bridgehead atoms. The fourth-order valence-electron chi connectivity index (χ4n) is 3.83. The molecule has 1 heterocycles. The Hall–Kier alpha value is -3.78. The number of hydrogen-bond donors (Lipinski definition) is 1. The third kappa shape index (κ3) is 4.24. The van der Waals surface area contributed by atoms with Gasteiger partial charge in [-0.3, -0.25) is 14.5 Å². The predicted molar refractivity (Wildman–Crippen MR) is 121 cm³/mol. The van der Waals surface area contributed by atoms with Gasteiger partial charge in [-0.1, -0.05) is 35.9 Å². The topological polar surface area (TPSA) is 66.8 Å². The smallest absolute Gasteiger partial charge is 0.416 e. The van der Waals surface area contributed by atoms with Gasteiger partial charge in [-0.15, -0.1) is 0 Å². The molecular formula is C25H17ClF3NO4. The Balaban J connectivity index is 1.92. The van der Waals surface area contributed by atoms with Crippen molar-refractivity contribution in [2.24, 2.45) is 0 Å². The summed E-state index contributed by atoms with van der Waals surface area (Å²) in [5.41, 5.74) is -0.425. The molecule has 1 amide bonds. The van der Waals surface area contributed by atoms with E-state index < -0.39 is 35.2 Å². The standard InChI is InChI=1S/C25H17ClF3NO4/c1-34-19-7-3-4-14(13-19)21-20(22(31)15-5-2-6-17(26)12-15)23(32)24(33)30(21)18-10-8-16(9-11-18)25(27,28)29/h2-13,21,31H,1H3/b22-20+. The van der Waals surface area contributed by atoms with Crippen LogP contribution >= 0.6 is 11.6 Å². The number of methoxy groups -OCH3 is 1. The third-order valence-electron chi connectivity index (χ3n) is 5.42. The zero-order chi connectivity index (χ0) is 24.6. The fourth-order valence-corrected chi connectivity index (χ4v) is 4.02. The molecule has 1 unspecified atom stereocenters. The molecule has 0 radical (unpaired) electrons. The average molecular weight is 488 g/mol. The summed E-state index contributed by atoms with van der Waals surface area (Å²) in [5, 5.41) is 11.4. The van der Waals surface area contributed by atoms with Gasteiger partial charge >= 0.3 is 6.18 Å². The number of hydrogen-bond acceptors (Lipinski definition) is 4.